The summed E-state index contributed by atoms with van der Waals surface area (Å²) in [5.74, 6) is -0.234. The van der Waals surface area contributed by atoms with Gasteiger partial charge in [-0.05, 0) is 31.0 Å². The van der Waals surface area contributed by atoms with Crippen LogP contribution in [0.15, 0.2) is 54.6 Å². The van der Waals surface area contributed by atoms with Gasteiger partial charge in [0.2, 0.25) is 11.8 Å². The Labute approximate surface area is 168 Å². The van der Waals surface area contributed by atoms with E-state index in [4.69, 9.17) is 4.98 Å². The molecule has 2 amide bonds. The maximum Gasteiger partial charge on any atom is 0.234 e. The number of hydrogen-bond acceptors (Lipinski definition) is 4. The van der Waals surface area contributed by atoms with Gasteiger partial charge in [0.1, 0.15) is 0 Å². The van der Waals surface area contributed by atoms with Crippen LogP contribution in [0.3, 0.4) is 0 Å². The first-order valence-electron chi connectivity index (χ1n) is 9.64. The van der Waals surface area contributed by atoms with Crippen molar-refractivity contribution in [1.29, 1.82) is 0 Å². The van der Waals surface area contributed by atoms with E-state index in [2.05, 4.69) is 12.1 Å². The Bertz CT molecular complexity index is 953. The van der Waals surface area contributed by atoms with Crippen LogP contribution in [0.2, 0.25) is 0 Å². The predicted octanol–water partition coefficient (Wildman–Crippen LogP) is 3.74. The molecule has 6 heteroatoms. The van der Waals surface area contributed by atoms with Gasteiger partial charge in [-0.1, -0.05) is 53.8 Å². The molecule has 3 aromatic rings. The van der Waals surface area contributed by atoms with Gasteiger partial charge < -0.3 is 4.90 Å². The molecule has 1 aliphatic heterocycles. The maximum absolute atomic E-state index is 13.4. The molecule has 0 N–H and O–H groups in total. The molecule has 0 spiro atoms. The number of amides is 2. The number of rotatable bonds is 6. The summed E-state index contributed by atoms with van der Waals surface area (Å²) in [6.45, 7) is 3.65. The molecule has 5 nitrogen and oxygen atoms in total. The van der Waals surface area contributed by atoms with Gasteiger partial charge in [0.05, 0.1) is 16.1 Å². The van der Waals surface area contributed by atoms with Crippen molar-refractivity contribution in [3.63, 3.8) is 0 Å². The summed E-state index contributed by atoms with van der Waals surface area (Å²) in [4.78, 5) is 33.8. The van der Waals surface area contributed by atoms with E-state index < -0.39 is 0 Å². The quantitative estimate of drug-likeness (QED) is 0.641. The largest absolute Gasteiger partial charge is 0.342 e. The molecule has 2 aromatic carbocycles. The number of hydrogen-bond donors (Lipinski definition) is 0. The second-order valence-corrected chi connectivity index (χ2v) is 8.03. The third kappa shape index (κ3) is 3.78. The van der Waals surface area contributed by atoms with Crippen LogP contribution in [0.4, 0.5) is 5.13 Å². The molecule has 0 bridgehead atoms. The van der Waals surface area contributed by atoms with Crippen LogP contribution >= 0.6 is 11.3 Å². The first-order valence-corrected chi connectivity index (χ1v) is 10.5. The standard InChI is InChI=1S/C22H23N3O2S/c1-2-24-15-17(14-20(24)26)21(27)25(13-12-16-8-4-3-5-9-16)22-23-18-10-6-7-11-19(18)28-22/h3-11,17H,2,12-15H2,1H3. The van der Waals surface area contributed by atoms with Gasteiger partial charge in [-0.15, -0.1) is 0 Å². The number of anilines is 1. The van der Waals surface area contributed by atoms with Gasteiger partial charge in [0, 0.05) is 26.1 Å². The number of benzene rings is 2. The number of aromatic nitrogens is 1. The molecule has 28 heavy (non-hydrogen) atoms. The highest BCUT2D eigenvalue weighted by Gasteiger charge is 2.36. The highest BCUT2D eigenvalue weighted by Crippen LogP contribution is 2.31. The fraction of sp³-hybridized carbons (Fsp3) is 0.318. The van der Waals surface area contributed by atoms with Crippen molar-refractivity contribution in [1.82, 2.24) is 9.88 Å². The lowest BCUT2D eigenvalue weighted by molar-refractivity contribution is -0.128. The van der Waals surface area contributed by atoms with Crippen molar-refractivity contribution in [2.75, 3.05) is 24.5 Å². The van der Waals surface area contributed by atoms with Gasteiger partial charge in [-0.3, -0.25) is 14.5 Å². The molecular formula is C22H23N3O2S. The van der Waals surface area contributed by atoms with Crippen molar-refractivity contribution < 1.29 is 9.59 Å². The first kappa shape index (κ1) is 18.6. The van der Waals surface area contributed by atoms with Gasteiger partial charge in [0.15, 0.2) is 5.13 Å². The molecule has 4 rings (SSSR count). The summed E-state index contributed by atoms with van der Waals surface area (Å²) in [6.07, 6.45) is 1.04. The Kier molecular flexibility index (Phi) is 5.39. The second kappa shape index (κ2) is 8.10. The lowest BCUT2D eigenvalue weighted by Crippen LogP contribution is -2.39. The summed E-state index contributed by atoms with van der Waals surface area (Å²) in [7, 11) is 0. The Balaban J connectivity index is 1.60. The maximum atomic E-state index is 13.4. The zero-order chi connectivity index (χ0) is 19.5. The van der Waals surface area contributed by atoms with Gasteiger partial charge in [-0.2, -0.15) is 0 Å². The van der Waals surface area contributed by atoms with E-state index in [1.165, 1.54) is 16.9 Å². The lowest BCUT2D eigenvalue weighted by Gasteiger charge is -2.23. The third-order valence-electron chi connectivity index (χ3n) is 5.19. The van der Waals surface area contributed by atoms with E-state index in [1.54, 1.807) is 9.80 Å². The number of carbonyl (C=O) groups is 2. The predicted molar refractivity (Wildman–Crippen MR) is 112 cm³/mol. The van der Waals surface area contributed by atoms with E-state index in [9.17, 15) is 9.59 Å². The molecule has 1 atom stereocenters. The molecule has 1 aromatic heterocycles. The van der Waals surface area contributed by atoms with E-state index in [0.29, 0.717) is 31.2 Å². The summed E-state index contributed by atoms with van der Waals surface area (Å²) < 4.78 is 1.06. The van der Waals surface area contributed by atoms with Crippen molar-refractivity contribution in [2.45, 2.75) is 19.8 Å². The van der Waals surface area contributed by atoms with Gasteiger partial charge in [-0.25, -0.2) is 4.98 Å². The molecular weight excluding hydrogens is 370 g/mol. The van der Waals surface area contributed by atoms with Crippen molar-refractivity contribution in [2.24, 2.45) is 5.92 Å². The average Bonchev–Trinajstić information content (AvgIpc) is 3.32. The molecule has 144 valence electrons. The Morgan fingerprint density at radius 3 is 2.64 bits per heavy atom. The number of para-hydroxylation sites is 1. The summed E-state index contributed by atoms with van der Waals surface area (Å²) in [6, 6.07) is 18.1. The normalized spacial score (nSPS) is 16.7. The van der Waals surface area contributed by atoms with Crippen LogP contribution in [0.25, 0.3) is 10.2 Å². The highest BCUT2D eigenvalue weighted by atomic mass is 32.1. The number of thiazole rings is 1. The van der Waals surface area contributed by atoms with Crippen LogP contribution in [-0.2, 0) is 16.0 Å². The summed E-state index contributed by atoms with van der Waals surface area (Å²) in [5.41, 5.74) is 2.08. The van der Waals surface area contributed by atoms with E-state index in [-0.39, 0.29) is 17.7 Å². The van der Waals surface area contributed by atoms with Crippen LogP contribution in [0.1, 0.15) is 18.9 Å². The van der Waals surface area contributed by atoms with Crippen LogP contribution in [0, 0.1) is 5.92 Å². The molecule has 1 aliphatic rings. The highest BCUT2D eigenvalue weighted by molar-refractivity contribution is 7.22. The van der Waals surface area contributed by atoms with Gasteiger partial charge in [0.25, 0.3) is 0 Å². The molecule has 0 aliphatic carbocycles. The van der Waals surface area contributed by atoms with Gasteiger partial charge >= 0.3 is 0 Å². The Hall–Kier alpha value is -2.73. The molecule has 0 radical (unpaired) electrons. The van der Waals surface area contributed by atoms with Crippen LogP contribution in [-0.4, -0.2) is 41.3 Å². The Morgan fingerprint density at radius 2 is 1.93 bits per heavy atom. The third-order valence-corrected chi connectivity index (χ3v) is 6.25. The monoisotopic (exact) mass is 393 g/mol. The summed E-state index contributed by atoms with van der Waals surface area (Å²) in [5, 5.41) is 0.713. The van der Waals surface area contributed by atoms with E-state index in [1.807, 2.05) is 49.4 Å². The minimum Gasteiger partial charge on any atom is -0.342 e. The van der Waals surface area contributed by atoms with E-state index >= 15 is 0 Å². The van der Waals surface area contributed by atoms with E-state index in [0.717, 1.165) is 16.6 Å². The minimum atomic E-state index is -0.296. The number of fused-ring (bicyclic) bond motifs is 1. The van der Waals surface area contributed by atoms with Crippen LogP contribution < -0.4 is 4.90 Å². The second-order valence-electron chi connectivity index (χ2n) is 7.02. The van der Waals surface area contributed by atoms with Crippen molar-refractivity contribution >= 4 is 38.5 Å². The zero-order valence-electron chi connectivity index (χ0n) is 15.9. The number of likely N-dealkylation sites (tertiary alicyclic amines) is 1. The molecule has 1 fully saturated rings. The number of nitrogens with zero attached hydrogens (tertiary/aromatic N) is 3. The van der Waals surface area contributed by atoms with Crippen LogP contribution in [0.5, 0.6) is 0 Å². The summed E-state index contributed by atoms with van der Waals surface area (Å²) >= 11 is 1.53. The average molecular weight is 394 g/mol. The fourth-order valence-electron chi connectivity index (χ4n) is 3.62. The van der Waals surface area contributed by atoms with Crippen molar-refractivity contribution in [3.05, 3.63) is 60.2 Å². The smallest absolute Gasteiger partial charge is 0.234 e. The minimum absolute atomic E-state index is 0.000660. The molecule has 2 heterocycles. The molecule has 0 saturated carbocycles. The Morgan fingerprint density at radius 1 is 1.18 bits per heavy atom. The lowest BCUT2D eigenvalue weighted by atomic mass is 10.1. The fourth-order valence-corrected chi connectivity index (χ4v) is 4.62. The topological polar surface area (TPSA) is 53.5 Å². The SMILES string of the molecule is CCN1CC(C(=O)N(CCc2ccccc2)c2nc3ccccc3s2)CC1=O. The molecule has 1 unspecified atom stereocenters. The van der Waals surface area contributed by atoms with Crippen molar-refractivity contribution in [3.8, 4) is 0 Å². The first-order chi connectivity index (χ1) is 13.7. The number of carbonyl (C=O) groups excluding carboxylic acids is 2. The molecule has 1 saturated heterocycles. The zero-order valence-corrected chi connectivity index (χ0v) is 16.7.